The lowest BCUT2D eigenvalue weighted by atomic mass is 10.1. The lowest BCUT2D eigenvalue weighted by Gasteiger charge is -2.09. The van der Waals surface area contributed by atoms with Crippen LogP contribution in [0, 0.1) is 6.92 Å². The van der Waals surface area contributed by atoms with E-state index in [1.807, 2.05) is 42.5 Å². The molecule has 0 saturated heterocycles. The molecule has 0 atom stereocenters. The molecule has 0 aliphatic carbocycles. The largest absolute Gasteiger partial charge is 1.00 e. The van der Waals surface area contributed by atoms with Crippen molar-refractivity contribution in [2.24, 2.45) is 0 Å². The van der Waals surface area contributed by atoms with Crippen LogP contribution in [0.3, 0.4) is 0 Å². The zero-order chi connectivity index (χ0) is 26.1. The normalized spacial score (nSPS) is 10.7. The fraction of sp³-hybridized carbons (Fsp3) is 0.500. The standard InChI is InChI=1S/C32H44N2O2S.BrH/c1-3-4-5-6-7-8-9-10-11-12-13-14-21-36-31-20-16-18-29(23-31)32(35)33-30-19-15-17-28(22-30)25-34-24-27(2)37-26-34;/h15-20,22-24,26H,3-14,21,25H2,1-2H3;1H. The maximum absolute atomic E-state index is 12.9. The van der Waals surface area contributed by atoms with E-state index in [2.05, 4.69) is 41.5 Å². The van der Waals surface area contributed by atoms with Gasteiger partial charge in [-0.05, 0) is 43.7 Å². The van der Waals surface area contributed by atoms with Crippen molar-refractivity contribution < 1.29 is 31.1 Å². The molecular weight excluding hydrogens is 556 g/mol. The molecule has 2 aromatic carbocycles. The quantitative estimate of drug-likeness (QED) is 0.150. The molecule has 1 N–H and O–H groups in total. The van der Waals surface area contributed by atoms with Crippen LogP contribution < -0.4 is 31.6 Å². The number of nitrogens with zero attached hydrogens (tertiary/aromatic N) is 1. The van der Waals surface area contributed by atoms with Gasteiger partial charge in [-0.3, -0.25) is 4.79 Å². The topological polar surface area (TPSA) is 42.2 Å². The summed E-state index contributed by atoms with van der Waals surface area (Å²) >= 11 is 1.73. The molecule has 0 aliphatic heterocycles. The van der Waals surface area contributed by atoms with Crippen molar-refractivity contribution in [2.75, 3.05) is 11.9 Å². The lowest BCUT2D eigenvalue weighted by Crippen LogP contribution is -3.00. The lowest BCUT2D eigenvalue weighted by molar-refractivity contribution is -0.683. The van der Waals surface area contributed by atoms with E-state index in [1.165, 1.54) is 75.5 Å². The van der Waals surface area contributed by atoms with Gasteiger partial charge in [0.1, 0.15) is 5.75 Å². The first kappa shape index (κ1) is 32.0. The maximum atomic E-state index is 12.9. The van der Waals surface area contributed by atoms with Crippen molar-refractivity contribution in [1.29, 1.82) is 0 Å². The van der Waals surface area contributed by atoms with Crippen molar-refractivity contribution in [3.63, 3.8) is 0 Å². The van der Waals surface area contributed by atoms with E-state index in [0.29, 0.717) is 12.2 Å². The molecule has 3 aromatic rings. The number of carbonyl (C=O) groups is 1. The number of anilines is 1. The second-order valence-electron chi connectivity index (χ2n) is 10.1. The van der Waals surface area contributed by atoms with Gasteiger partial charge in [0, 0.05) is 16.8 Å². The summed E-state index contributed by atoms with van der Waals surface area (Å²) in [4.78, 5) is 14.1. The number of benzene rings is 2. The van der Waals surface area contributed by atoms with Crippen LogP contribution in [0.1, 0.15) is 105 Å². The van der Waals surface area contributed by atoms with Gasteiger partial charge in [-0.1, -0.05) is 107 Å². The fourth-order valence-electron chi connectivity index (χ4n) is 4.55. The zero-order valence-corrected chi connectivity index (χ0v) is 25.6. The molecule has 3 rings (SSSR count). The highest BCUT2D eigenvalue weighted by molar-refractivity contribution is 7.09. The maximum Gasteiger partial charge on any atom is 0.255 e. The van der Waals surface area contributed by atoms with E-state index >= 15 is 0 Å². The van der Waals surface area contributed by atoms with Gasteiger partial charge >= 0.3 is 0 Å². The second kappa shape index (κ2) is 19.0. The highest BCUT2D eigenvalue weighted by Gasteiger charge is 2.10. The summed E-state index contributed by atoms with van der Waals surface area (Å²) in [5.41, 5.74) is 4.68. The number of thiazole rings is 1. The minimum Gasteiger partial charge on any atom is -1.00 e. The monoisotopic (exact) mass is 600 g/mol. The van der Waals surface area contributed by atoms with Gasteiger partial charge in [0.15, 0.2) is 12.7 Å². The molecule has 4 nitrogen and oxygen atoms in total. The third-order valence-electron chi connectivity index (χ3n) is 6.63. The highest BCUT2D eigenvalue weighted by atomic mass is 79.9. The molecule has 0 saturated carbocycles. The summed E-state index contributed by atoms with van der Waals surface area (Å²) in [7, 11) is 0. The molecule has 1 amide bonds. The number of unbranched alkanes of at least 4 members (excludes halogenated alkanes) is 11. The molecule has 0 fully saturated rings. The van der Waals surface area contributed by atoms with E-state index in [0.717, 1.165) is 30.0 Å². The van der Waals surface area contributed by atoms with Crippen LogP contribution in [-0.4, -0.2) is 12.5 Å². The van der Waals surface area contributed by atoms with Gasteiger partial charge in [0.05, 0.1) is 11.5 Å². The van der Waals surface area contributed by atoms with Gasteiger partial charge in [-0.2, -0.15) is 4.57 Å². The summed E-state index contributed by atoms with van der Waals surface area (Å²) in [5.74, 6) is 0.640. The Morgan fingerprint density at radius 3 is 2.18 bits per heavy atom. The van der Waals surface area contributed by atoms with Crippen LogP contribution in [0.15, 0.2) is 60.2 Å². The van der Waals surface area contributed by atoms with E-state index in [-0.39, 0.29) is 22.9 Å². The summed E-state index contributed by atoms with van der Waals surface area (Å²) in [6, 6.07) is 15.5. The summed E-state index contributed by atoms with van der Waals surface area (Å²) in [6.07, 6.45) is 18.1. The number of aromatic nitrogens is 1. The first-order valence-corrected chi connectivity index (χ1v) is 15.1. The Balaban J connectivity index is 0.00000507. The number of amides is 1. The average Bonchev–Trinajstić information content (AvgIpc) is 3.31. The third-order valence-corrected chi connectivity index (χ3v) is 7.49. The fourth-order valence-corrected chi connectivity index (χ4v) is 5.18. The van der Waals surface area contributed by atoms with Gasteiger partial charge in [0.25, 0.3) is 5.91 Å². The van der Waals surface area contributed by atoms with Gasteiger partial charge < -0.3 is 27.0 Å². The third kappa shape index (κ3) is 12.6. The van der Waals surface area contributed by atoms with E-state index in [4.69, 9.17) is 4.74 Å². The Morgan fingerprint density at radius 2 is 1.53 bits per heavy atom. The van der Waals surface area contributed by atoms with Crippen molar-refractivity contribution in [3.05, 3.63) is 76.2 Å². The summed E-state index contributed by atoms with van der Waals surface area (Å²) in [5, 5.41) is 3.03. The number of rotatable bonds is 18. The minimum atomic E-state index is -0.119. The number of aryl methyl sites for hydroxylation is 1. The number of halogens is 1. The Bertz CT molecular complexity index is 1070. The van der Waals surface area contributed by atoms with Crippen molar-refractivity contribution in [3.8, 4) is 5.75 Å². The molecule has 0 bridgehead atoms. The number of nitrogens with one attached hydrogen (secondary N) is 1. The van der Waals surface area contributed by atoms with Crippen LogP contribution in [-0.2, 0) is 6.54 Å². The second-order valence-corrected chi connectivity index (χ2v) is 11.1. The molecule has 208 valence electrons. The SMILES string of the molecule is CCCCCCCCCCCCCCOc1cccc(C(=O)Nc2cccc(C[n+]3csc(C)c3)c2)c1.[Br-]. The zero-order valence-electron chi connectivity index (χ0n) is 23.2. The first-order valence-electron chi connectivity index (χ1n) is 14.2. The average molecular weight is 602 g/mol. The molecular formula is C32H45BrN2O2S. The predicted octanol–water partition coefficient (Wildman–Crippen LogP) is 5.73. The smallest absolute Gasteiger partial charge is 0.255 e. The van der Waals surface area contributed by atoms with Gasteiger partial charge in [-0.25, -0.2) is 0 Å². The van der Waals surface area contributed by atoms with Crippen molar-refractivity contribution in [2.45, 2.75) is 97.4 Å². The van der Waals surface area contributed by atoms with E-state index < -0.39 is 0 Å². The number of ether oxygens (including phenoxy) is 1. The van der Waals surface area contributed by atoms with E-state index in [9.17, 15) is 4.79 Å². The Hall–Kier alpha value is -2.18. The Labute approximate surface area is 244 Å². The molecule has 1 aromatic heterocycles. The molecule has 0 unspecified atom stereocenters. The van der Waals surface area contributed by atoms with Gasteiger partial charge in [-0.15, -0.1) is 0 Å². The molecule has 0 aliphatic rings. The van der Waals surface area contributed by atoms with Crippen LogP contribution in [0.5, 0.6) is 5.75 Å². The Morgan fingerprint density at radius 1 is 0.868 bits per heavy atom. The molecule has 38 heavy (non-hydrogen) atoms. The van der Waals surface area contributed by atoms with Crippen LogP contribution >= 0.6 is 11.3 Å². The number of hydrogen-bond acceptors (Lipinski definition) is 3. The molecule has 0 spiro atoms. The summed E-state index contributed by atoms with van der Waals surface area (Å²) in [6.45, 7) is 5.87. The first-order chi connectivity index (χ1) is 18.1. The minimum absolute atomic E-state index is 0. The van der Waals surface area contributed by atoms with Crippen LogP contribution in [0.25, 0.3) is 0 Å². The number of carbonyl (C=O) groups excluding carboxylic acids is 1. The van der Waals surface area contributed by atoms with E-state index in [1.54, 1.807) is 11.3 Å². The van der Waals surface area contributed by atoms with Crippen molar-refractivity contribution in [1.82, 2.24) is 0 Å². The summed E-state index contributed by atoms with van der Waals surface area (Å²) < 4.78 is 8.11. The van der Waals surface area contributed by atoms with Crippen LogP contribution in [0.4, 0.5) is 5.69 Å². The highest BCUT2D eigenvalue weighted by Crippen LogP contribution is 2.18. The van der Waals surface area contributed by atoms with Crippen molar-refractivity contribution >= 4 is 22.9 Å². The van der Waals surface area contributed by atoms with Gasteiger partial charge in [0.2, 0.25) is 5.51 Å². The molecule has 0 radical (unpaired) electrons. The molecule has 6 heteroatoms. The Kier molecular flexibility index (Phi) is 16.0. The number of hydrogen-bond donors (Lipinski definition) is 1. The van der Waals surface area contributed by atoms with Crippen LogP contribution in [0.2, 0.25) is 0 Å². The molecule has 1 heterocycles. The predicted molar refractivity (Wildman–Crippen MR) is 156 cm³/mol.